The molecular weight excluding hydrogens is 306 g/mol. The van der Waals surface area contributed by atoms with Crippen molar-refractivity contribution >= 4 is 15.9 Å². The van der Waals surface area contributed by atoms with Gasteiger partial charge in [0.25, 0.3) is 0 Å². The molecule has 19 heavy (non-hydrogen) atoms. The van der Waals surface area contributed by atoms with Crippen LogP contribution in [0, 0.1) is 12.8 Å². The molecule has 1 N–H and O–H groups in total. The van der Waals surface area contributed by atoms with E-state index in [2.05, 4.69) is 51.3 Å². The number of hydrogen-bond donors (Lipinski definition) is 1. The van der Waals surface area contributed by atoms with Crippen LogP contribution in [-0.4, -0.2) is 23.2 Å². The van der Waals surface area contributed by atoms with Crippen molar-refractivity contribution in [1.29, 1.82) is 0 Å². The van der Waals surface area contributed by atoms with Gasteiger partial charge in [-0.15, -0.1) is 0 Å². The molecule has 0 aliphatic carbocycles. The molecule has 1 aromatic heterocycles. The van der Waals surface area contributed by atoms with Crippen molar-refractivity contribution in [3.63, 3.8) is 0 Å². The summed E-state index contributed by atoms with van der Waals surface area (Å²) in [5.41, 5.74) is 2.17. The van der Waals surface area contributed by atoms with E-state index in [1.54, 1.807) is 0 Å². The molecule has 1 aromatic carbocycles. The van der Waals surface area contributed by atoms with E-state index < -0.39 is 0 Å². The lowest BCUT2D eigenvalue weighted by Gasteiger charge is -2.07. The van der Waals surface area contributed by atoms with Crippen LogP contribution in [-0.2, 0) is 0 Å². The van der Waals surface area contributed by atoms with Gasteiger partial charge in [0.15, 0.2) is 0 Å². The maximum atomic E-state index is 5.43. The topological polar surface area (TPSA) is 51.0 Å². The molecule has 1 saturated heterocycles. The van der Waals surface area contributed by atoms with E-state index in [9.17, 15) is 0 Å². The Morgan fingerprint density at radius 1 is 1.37 bits per heavy atom. The van der Waals surface area contributed by atoms with Gasteiger partial charge in [-0.2, -0.15) is 4.98 Å². The van der Waals surface area contributed by atoms with E-state index in [0.717, 1.165) is 29.0 Å². The molecule has 100 valence electrons. The number of halogens is 1. The van der Waals surface area contributed by atoms with Gasteiger partial charge in [0.2, 0.25) is 11.7 Å². The molecule has 0 bridgehead atoms. The van der Waals surface area contributed by atoms with Crippen LogP contribution in [0.4, 0.5) is 0 Å². The number of rotatable bonds is 2. The molecule has 0 radical (unpaired) electrons. The Morgan fingerprint density at radius 3 is 2.89 bits per heavy atom. The second-order valence-corrected chi connectivity index (χ2v) is 6.02. The van der Waals surface area contributed by atoms with Gasteiger partial charge in [-0.1, -0.05) is 40.1 Å². The summed E-state index contributed by atoms with van der Waals surface area (Å²) in [6.07, 6.45) is 0. The van der Waals surface area contributed by atoms with Crippen molar-refractivity contribution in [3.8, 4) is 11.4 Å². The van der Waals surface area contributed by atoms with E-state index >= 15 is 0 Å². The number of hydrogen-bond acceptors (Lipinski definition) is 4. The Kier molecular flexibility index (Phi) is 3.41. The first-order valence-corrected chi connectivity index (χ1v) is 7.25. The minimum atomic E-state index is 0.329. The van der Waals surface area contributed by atoms with Gasteiger partial charge in [-0.25, -0.2) is 0 Å². The van der Waals surface area contributed by atoms with E-state index in [0.29, 0.717) is 17.7 Å². The second kappa shape index (κ2) is 5.06. The van der Waals surface area contributed by atoms with Crippen molar-refractivity contribution in [2.45, 2.75) is 19.8 Å². The van der Waals surface area contributed by atoms with Gasteiger partial charge in [0, 0.05) is 16.6 Å². The molecule has 1 fully saturated rings. The first-order chi connectivity index (χ1) is 9.15. The summed E-state index contributed by atoms with van der Waals surface area (Å²) in [7, 11) is 0. The average Bonchev–Trinajstić information content (AvgIpc) is 3.01. The van der Waals surface area contributed by atoms with Gasteiger partial charge in [0.1, 0.15) is 0 Å². The van der Waals surface area contributed by atoms with Crippen molar-refractivity contribution < 1.29 is 4.52 Å². The minimum Gasteiger partial charge on any atom is -0.339 e. The Hall–Kier alpha value is -1.20. The van der Waals surface area contributed by atoms with E-state index in [1.807, 2.05) is 12.1 Å². The van der Waals surface area contributed by atoms with Crippen molar-refractivity contribution in [2.24, 2.45) is 5.92 Å². The lowest BCUT2D eigenvalue weighted by Crippen LogP contribution is -2.08. The number of aryl methyl sites for hydroxylation is 1. The smallest absolute Gasteiger partial charge is 0.231 e. The van der Waals surface area contributed by atoms with Crippen molar-refractivity contribution in [2.75, 3.05) is 13.1 Å². The summed E-state index contributed by atoms with van der Waals surface area (Å²) in [4.78, 5) is 4.55. The van der Waals surface area contributed by atoms with Crippen LogP contribution >= 0.6 is 15.9 Å². The first kappa shape index (κ1) is 12.8. The standard InChI is InChI=1S/C14H16BrN3O/c1-8-3-4-10(5-12(8)15)13-17-14(19-18-13)11-7-16-6-9(11)2/h3-5,9,11,16H,6-7H2,1-2H3. The third-order valence-electron chi connectivity index (χ3n) is 3.71. The van der Waals surface area contributed by atoms with Crippen LogP contribution in [0.25, 0.3) is 11.4 Å². The Morgan fingerprint density at radius 2 is 2.21 bits per heavy atom. The highest BCUT2D eigenvalue weighted by molar-refractivity contribution is 9.10. The molecule has 0 saturated carbocycles. The fourth-order valence-corrected chi connectivity index (χ4v) is 2.75. The average molecular weight is 322 g/mol. The lowest BCUT2D eigenvalue weighted by molar-refractivity contribution is 0.340. The summed E-state index contributed by atoms with van der Waals surface area (Å²) in [5.74, 6) is 2.27. The zero-order chi connectivity index (χ0) is 13.4. The zero-order valence-electron chi connectivity index (χ0n) is 11.0. The van der Waals surface area contributed by atoms with Crippen LogP contribution < -0.4 is 5.32 Å². The summed E-state index contributed by atoms with van der Waals surface area (Å²) >= 11 is 3.53. The summed E-state index contributed by atoms with van der Waals surface area (Å²) in [5, 5.41) is 7.45. The van der Waals surface area contributed by atoms with Crippen LogP contribution in [0.15, 0.2) is 27.2 Å². The molecule has 0 amide bonds. The molecular formula is C14H16BrN3O. The van der Waals surface area contributed by atoms with E-state index in [4.69, 9.17) is 4.52 Å². The van der Waals surface area contributed by atoms with Gasteiger partial charge >= 0.3 is 0 Å². The van der Waals surface area contributed by atoms with Gasteiger partial charge in [-0.05, 0) is 31.0 Å². The first-order valence-electron chi connectivity index (χ1n) is 6.46. The monoisotopic (exact) mass is 321 g/mol. The quantitative estimate of drug-likeness (QED) is 0.923. The van der Waals surface area contributed by atoms with Crippen molar-refractivity contribution in [3.05, 3.63) is 34.1 Å². The molecule has 3 rings (SSSR count). The number of nitrogens with one attached hydrogen (secondary N) is 1. The number of benzene rings is 1. The summed E-state index contributed by atoms with van der Waals surface area (Å²) < 4.78 is 6.49. The minimum absolute atomic E-state index is 0.329. The lowest BCUT2D eigenvalue weighted by atomic mass is 9.98. The van der Waals surface area contributed by atoms with E-state index in [1.165, 1.54) is 5.56 Å². The summed E-state index contributed by atoms with van der Waals surface area (Å²) in [6.45, 7) is 6.19. The largest absolute Gasteiger partial charge is 0.339 e. The third kappa shape index (κ3) is 2.44. The highest BCUT2D eigenvalue weighted by Gasteiger charge is 2.29. The molecule has 4 nitrogen and oxygen atoms in total. The second-order valence-electron chi connectivity index (χ2n) is 5.16. The van der Waals surface area contributed by atoms with Gasteiger partial charge in [-0.3, -0.25) is 0 Å². The van der Waals surface area contributed by atoms with Gasteiger partial charge in [0.05, 0.1) is 5.92 Å². The predicted octanol–water partition coefficient (Wildman–Crippen LogP) is 3.13. The van der Waals surface area contributed by atoms with Crippen LogP contribution in [0.5, 0.6) is 0 Å². The van der Waals surface area contributed by atoms with Crippen LogP contribution in [0.1, 0.15) is 24.3 Å². The number of nitrogens with zero attached hydrogens (tertiary/aromatic N) is 2. The molecule has 1 aliphatic rings. The van der Waals surface area contributed by atoms with Crippen LogP contribution in [0.3, 0.4) is 0 Å². The molecule has 1 aliphatic heterocycles. The fraction of sp³-hybridized carbons (Fsp3) is 0.429. The third-order valence-corrected chi connectivity index (χ3v) is 4.56. The Balaban J connectivity index is 1.90. The van der Waals surface area contributed by atoms with Gasteiger partial charge < -0.3 is 9.84 Å². The van der Waals surface area contributed by atoms with Crippen LogP contribution in [0.2, 0.25) is 0 Å². The fourth-order valence-electron chi connectivity index (χ4n) is 2.38. The maximum absolute atomic E-state index is 5.43. The Bertz CT molecular complexity index is 596. The highest BCUT2D eigenvalue weighted by atomic mass is 79.9. The SMILES string of the molecule is Cc1ccc(-c2noc(C3CNCC3C)n2)cc1Br. The molecule has 0 spiro atoms. The molecule has 2 atom stereocenters. The van der Waals surface area contributed by atoms with Crippen molar-refractivity contribution in [1.82, 2.24) is 15.5 Å². The maximum Gasteiger partial charge on any atom is 0.231 e. The van der Waals surface area contributed by atoms with E-state index in [-0.39, 0.29) is 0 Å². The molecule has 5 heteroatoms. The Labute approximate surface area is 120 Å². The molecule has 2 aromatic rings. The molecule has 2 heterocycles. The highest BCUT2D eigenvalue weighted by Crippen LogP contribution is 2.29. The normalized spacial score (nSPS) is 22.9. The number of aromatic nitrogens is 2. The zero-order valence-corrected chi connectivity index (χ0v) is 12.6. The predicted molar refractivity (Wildman–Crippen MR) is 76.9 cm³/mol. The molecule has 2 unspecified atom stereocenters. The summed E-state index contributed by atoms with van der Waals surface area (Å²) in [6, 6.07) is 6.10.